The van der Waals surface area contributed by atoms with E-state index < -0.39 is 11.7 Å². The van der Waals surface area contributed by atoms with E-state index in [1.54, 1.807) is 33.2 Å². The van der Waals surface area contributed by atoms with Crippen LogP contribution in [0.2, 0.25) is 0 Å². The van der Waals surface area contributed by atoms with Crippen molar-refractivity contribution in [3.63, 3.8) is 0 Å². The van der Waals surface area contributed by atoms with Gasteiger partial charge in [0.25, 0.3) is 0 Å². The van der Waals surface area contributed by atoms with Gasteiger partial charge in [0, 0.05) is 12.4 Å². The molecular formula is C12H20N4O2. The zero-order valence-electron chi connectivity index (χ0n) is 11.1. The number of nitrogens with zero attached hydrogens (tertiary/aromatic N) is 2. The molecule has 100 valence electrons. The summed E-state index contributed by atoms with van der Waals surface area (Å²) in [6.45, 7) is 6.02. The molecule has 0 fully saturated rings. The molecule has 0 atom stereocenters. The minimum atomic E-state index is -0.558. The van der Waals surface area contributed by atoms with Crippen LogP contribution in [0.1, 0.15) is 32.8 Å². The lowest BCUT2D eigenvalue weighted by Crippen LogP contribution is -2.27. The van der Waals surface area contributed by atoms with Gasteiger partial charge >= 0.3 is 6.09 Å². The van der Waals surface area contributed by atoms with Crippen LogP contribution < -0.4 is 11.1 Å². The van der Waals surface area contributed by atoms with E-state index in [-0.39, 0.29) is 5.95 Å². The van der Waals surface area contributed by atoms with Crippen molar-refractivity contribution in [1.29, 1.82) is 0 Å². The Bertz CT molecular complexity index is 384. The fourth-order valence-electron chi connectivity index (χ4n) is 1.25. The second-order valence-electron chi connectivity index (χ2n) is 4.93. The van der Waals surface area contributed by atoms with Crippen molar-refractivity contribution in [2.24, 2.45) is 5.73 Å². The number of hydrogen-bond donors (Lipinski definition) is 2. The summed E-state index contributed by atoms with van der Waals surface area (Å²) >= 11 is 0. The van der Waals surface area contributed by atoms with E-state index in [1.807, 2.05) is 0 Å². The number of rotatable bonds is 4. The maximum absolute atomic E-state index is 11.5. The first-order valence-electron chi connectivity index (χ1n) is 5.92. The third-order valence-electron chi connectivity index (χ3n) is 1.99. The van der Waals surface area contributed by atoms with Gasteiger partial charge in [-0.1, -0.05) is 0 Å². The number of ether oxygens (including phenoxy) is 1. The molecule has 6 heteroatoms. The first-order chi connectivity index (χ1) is 8.40. The molecule has 0 saturated carbocycles. The fourth-order valence-corrected chi connectivity index (χ4v) is 1.25. The van der Waals surface area contributed by atoms with Crippen LogP contribution in [-0.4, -0.2) is 28.2 Å². The number of carbonyl (C=O) groups is 1. The molecule has 3 N–H and O–H groups in total. The minimum Gasteiger partial charge on any atom is -0.444 e. The van der Waals surface area contributed by atoms with Crippen LogP contribution in [0.5, 0.6) is 0 Å². The maximum Gasteiger partial charge on any atom is 0.414 e. The summed E-state index contributed by atoms with van der Waals surface area (Å²) in [5.41, 5.74) is 5.88. The summed E-state index contributed by atoms with van der Waals surface area (Å²) in [6.07, 6.45) is 4.52. The second kappa shape index (κ2) is 6.30. The van der Waals surface area contributed by atoms with E-state index in [4.69, 9.17) is 10.5 Å². The molecule has 6 nitrogen and oxygen atoms in total. The summed E-state index contributed by atoms with van der Waals surface area (Å²) in [5.74, 6) is 0.237. The molecule has 0 unspecified atom stereocenters. The van der Waals surface area contributed by atoms with E-state index in [0.717, 1.165) is 18.4 Å². The average molecular weight is 252 g/mol. The van der Waals surface area contributed by atoms with Crippen molar-refractivity contribution in [3.8, 4) is 0 Å². The average Bonchev–Trinajstić information content (AvgIpc) is 2.25. The molecule has 0 aliphatic heterocycles. The highest BCUT2D eigenvalue weighted by Gasteiger charge is 2.16. The molecule has 0 radical (unpaired) electrons. The second-order valence-corrected chi connectivity index (χ2v) is 4.93. The normalized spacial score (nSPS) is 11.1. The smallest absolute Gasteiger partial charge is 0.414 e. The highest BCUT2D eigenvalue weighted by molar-refractivity contribution is 5.82. The predicted octanol–water partition coefficient (Wildman–Crippen LogP) is 1.71. The lowest BCUT2D eigenvalue weighted by molar-refractivity contribution is 0.0634. The van der Waals surface area contributed by atoms with Crippen LogP contribution in [0.15, 0.2) is 12.4 Å². The number of nitrogens with two attached hydrogens (primary N) is 1. The Morgan fingerprint density at radius 1 is 1.39 bits per heavy atom. The van der Waals surface area contributed by atoms with Crippen LogP contribution in [0, 0.1) is 0 Å². The molecule has 0 aliphatic carbocycles. The third kappa shape index (κ3) is 5.58. The van der Waals surface area contributed by atoms with Crippen molar-refractivity contribution in [2.45, 2.75) is 39.2 Å². The zero-order valence-corrected chi connectivity index (χ0v) is 11.1. The van der Waals surface area contributed by atoms with E-state index in [1.165, 1.54) is 0 Å². The highest BCUT2D eigenvalue weighted by Crippen LogP contribution is 2.09. The molecule has 18 heavy (non-hydrogen) atoms. The van der Waals surface area contributed by atoms with Crippen molar-refractivity contribution < 1.29 is 9.53 Å². The summed E-state index contributed by atoms with van der Waals surface area (Å²) in [5, 5.41) is 2.47. The monoisotopic (exact) mass is 252 g/mol. The maximum atomic E-state index is 11.5. The van der Waals surface area contributed by atoms with Gasteiger partial charge in [-0.25, -0.2) is 14.8 Å². The van der Waals surface area contributed by atoms with Crippen molar-refractivity contribution in [1.82, 2.24) is 9.97 Å². The lowest BCUT2D eigenvalue weighted by Gasteiger charge is -2.19. The van der Waals surface area contributed by atoms with Gasteiger partial charge < -0.3 is 10.5 Å². The summed E-state index contributed by atoms with van der Waals surface area (Å²) in [4.78, 5) is 19.5. The molecule has 1 rings (SSSR count). The molecule has 0 spiro atoms. The molecule has 1 heterocycles. The molecule has 1 aromatic rings. The lowest BCUT2D eigenvalue weighted by atomic mass is 10.2. The van der Waals surface area contributed by atoms with Crippen LogP contribution >= 0.6 is 0 Å². The largest absolute Gasteiger partial charge is 0.444 e. The quantitative estimate of drug-likeness (QED) is 0.851. The SMILES string of the molecule is CC(C)(C)OC(=O)Nc1ncc(CCCN)cn1. The van der Waals surface area contributed by atoms with E-state index in [9.17, 15) is 4.79 Å². The Morgan fingerprint density at radius 2 is 2.00 bits per heavy atom. The van der Waals surface area contributed by atoms with Crippen molar-refractivity contribution in [3.05, 3.63) is 18.0 Å². The first-order valence-corrected chi connectivity index (χ1v) is 5.92. The molecular weight excluding hydrogens is 232 g/mol. The molecule has 0 aromatic carbocycles. The topological polar surface area (TPSA) is 90.1 Å². The van der Waals surface area contributed by atoms with E-state index in [2.05, 4.69) is 15.3 Å². The fraction of sp³-hybridized carbons (Fsp3) is 0.583. The summed E-state index contributed by atoms with van der Waals surface area (Å²) in [7, 11) is 0. The molecule has 1 aromatic heterocycles. The zero-order chi connectivity index (χ0) is 13.6. The number of aryl methyl sites for hydroxylation is 1. The predicted molar refractivity (Wildman–Crippen MR) is 69.3 cm³/mol. The van der Waals surface area contributed by atoms with Gasteiger partial charge in [0.1, 0.15) is 5.60 Å². The van der Waals surface area contributed by atoms with Crippen LogP contribution in [0.4, 0.5) is 10.7 Å². The Balaban J connectivity index is 2.50. The van der Waals surface area contributed by atoms with Crippen molar-refractivity contribution in [2.75, 3.05) is 11.9 Å². The van der Waals surface area contributed by atoms with Gasteiger partial charge in [-0.05, 0) is 45.7 Å². The van der Waals surface area contributed by atoms with E-state index in [0.29, 0.717) is 6.54 Å². The highest BCUT2D eigenvalue weighted by atomic mass is 16.6. The Labute approximate surface area is 107 Å². The number of amides is 1. The summed E-state index contributed by atoms with van der Waals surface area (Å²) < 4.78 is 5.09. The third-order valence-corrected chi connectivity index (χ3v) is 1.99. The van der Waals surface area contributed by atoms with Crippen LogP contribution in [-0.2, 0) is 11.2 Å². The van der Waals surface area contributed by atoms with Gasteiger partial charge in [-0.3, -0.25) is 5.32 Å². The number of nitrogens with one attached hydrogen (secondary N) is 1. The van der Waals surface area contributed by atoms with E-state index >= 15 is 0 Å². The van der Waals surface area contributed by atoms with Gasteiger partial charge in [-0.2, -0.15) is 0 Å². The summed E-state index contributed by atoms with van der Waals surface area (Å²) in [6, 6.07) is 0. The molecule has 0 saturated heterocycles. The number of hydrogen-bond acceptors (Lipinski definition) is 5. The molecule has 0 bridgehead atoms. The number of anilines is 1. The Morgan fingerprint density at radius 3 is 2.50 bits per heavy atom. The first kappa shape index (κ1) is 14.4. The Kier molecular flexibility index (Phi) is 5.03. The van der Waals surface area contributed by atoms with Gasteiger partial charge in [0.15, 0.2) is 0 Å². The standard InChI is InChI=1S/C12H20N4O2/c1-12(2,3)18-11(17)16-10-14-7-9(8-15-10)5-4-6-13/h7-8H,4-6,13H2,1-3H3,(H,14,15,16,17). The number of carbonyl (C=O) groups excluding carboxylic acids is 1. The van der Waals surface area contributed by atoms with Gasteiger partial charge in [0.05, 0.1) is 0 Å². The molecule has 1 amide bonds. The van der Waals surface area contributed by atoms with Crippen LogP contribution in [0.25, 0.3) is 0 Å². The molecule has 0 aliphatic rings. The van der Waals surface area contributed by atoms with Gasteiger partial charge in [-0.15, -0.1) is 0 Å². The Hall–Kier alpha value is -1.69. The minimum absolute atomic E-state index is 0.237. The van der Waals surface area contributed by atoms with Crippen molar-refractivity contribution >= 4 is 12.0 Å². The van der Waals surface area contributed by atoms with Gasteiger partial charge in [0.2, 0.25) is 5.95 Å². The number of aromatic nitrogens is 2. The van der Waals surface area contributed by atoms with Crippen LogP contribution in [0.3, 0.4) is 0 Å².